The summed E-state index contributed by atoms with van der Waals surface area (Å²) in [6, 6.07) is 17.9. The largest absolute Gasteiger partial charge is 0.336 e. The molecule has 5 rings (SSSR count). The zero-order valence-corrected chi connectivity index (χ0v) is 20.9. The number of likely N-dealkylation sites (N-methyl/N-ethyl adjacent to an activating group) is 1. The van der Waals surface area contributed by atoms with Crippen molar-refractivity contribution >= 4 is 17.7 Å². The van der Waals surface area contributed by atoms with Gasteiger partial charge in [-0.25, -0.2) is 4.39 Å². The van der Waals surface area contributed by atoms with Crippen molar-refractivity contribution < 1.29 is 9.18 Å². The Labute approximate surface area is 214 Å². The Morgan fingerprint density at radius 1 is 0.944 bits per heavy atom. The van der Waals surface area contributed by atoms with E-state index in [1.165, 1.54) is 17.8 Å². The van der Waals surface area contributed by atoms with Gasteiger partial charge in [-0.05, 0) is 42.4 Å². The van der Waals surface area contributed by atoms with Gasteiger partial charge in [0.15, 0.2) is 11.0 Å². The summed E-state index contributed by atoms with van der Waals surface area (Å²) in [5.41, 5.74) is 2.77. The van der Waals surface area contributed by atoms with E-state index in [-0.39, 0.29) is 11.7 Å². The fourth-order valence-electron chi connectivity index (χ4n) is 4.34. The molecule has 0 atom stereocenters. The molecule has 0 radical (unpaired) electrons. The standard InChI is InChI=1S/C27H27FN6OS/c1-2-32-15-17-33(18-16-32)26(35)22-8-4-3-7-21(22)19-36-27-31-30-25(20-11-13-29-14-12-20)34(27)24-10-6-5-9-23(24)28/h3-14H,2,15-19H2,1H3. The molecule has 1 aliphatic rings. The zero-order chi connectivity index (χ0) is 24.9. The minimum atomic E-state index is -0.365. The first-order chi connectivity index (χ1) is 17.7. The number of thioether (sulfide) groups is 1. The van der Waals surface area contributed by atoms with Gasteiger partial charge in [0.2, 0.25) is 0 Å². The number of carbonyl (C=O) groups excluding carboxylic acids is 1. The summed E-state index contributed by atoms with van der Waals surface area (Å²) in [4.78, 5) is 21.7. The molecule has 1 fully saturated rings. The fourth-order valence-corrected chi connectivity index (χ4v) is 5.29. The molecule has 7 nitrogen and oxygen atoms in total. The summed E-state index contributed by atoms with van der Waals surface area (Å²) >= 11 is 1.43. The van der Waals surface area contributed by atoms with Gasteiger partial charge in [-0.3, -0.25) is 14.3 Å². The summed E-state index contributed by atoms with van der Waals surface area (Å²) in [6.07, 6.45) is 3.34. The van der Waals surface area contributed by atoms with Crippen molar-refractivity contribution in [3.63, 3.8) is 0 Å². The zero-order valence-electron chi connectivity index (χ0n) is 20.0. The van der Waals surface area contributed by atoms with Crippen LogP contribution in [0.5, 0.6) is 0 Å². The maximum atomic E-state index is 14.9. The Morgan fingerprint density at radius 3 is 2.42 bits per heavy atom. The third kappa shape index (κ3) is 5.03. The van der Waals surface area contributed by atoms with Gasteiger partial charge in [0.25, 0.3) is 5.91 Å². The first-order valence-electron chi connectivity index (χ1n) is 12.0. The number of hydrogen-bond donors (Lipinski definition) is 0. The molecule has 1 saturated heterocycles. The van der Waals surface area contributed by atoms with Gasteiger partial charge in [-0.1, -0.05) is 49.0 Å². The molecule has 0 aliphatic carbocycles. The molecule has 1 amide bonds. The Hall–Kier alpha value is -3.56. The molecule has 0 saturated carbocycles. The van der Waals surface area contributed by atoms with Crippen LogP contribution < -0.4 is 0 Å². The quantitative estimate of drug-likeness (QED) is 0.346. The number of halogens is 1. The van der Waals surface area contributed by atoms with Crippen LogP contribution in [0.2, 0.25) is 0 Å². The lowest BCUT2D eigenvalue weighted by Crippen LogP contribution is -2.48. The van der Waals surface area contributed by atoms with Gasteiger partial charge in [-0.15, -0.1) is 10.2 Å². The lowest BCUT2D eigenvalue weighted by molar-refractivity contribution is 0.0642. The molecule has 0 unspecified atom stereocenters. The molecule has 9 heteroatoms. The molecular weight excluding hydrogens is 475 g/mol. The summed E-state index contributed by atoms with van der Waals surface area (Å²) < 4.78 is 16.6. The van der Waals surface area contributed by atoms with E-state index in [4.69, 9.17) is 0 Å². The van der Waals surface area contributed by atoms with E-state index in [1.54, 1.807) is 35.2 Å². The Morgan fingerprint density at radius 2 is 1.67 bits per heavy atom. The van der Waals surface area contributed by atoms with Crippen molar-refractivity contribution in [3.8, 4) is 17.1 Å². The van der Waals surface area contributed by atoms with Gasteiger partial charge >= 0.3 is 0 Å². The van der Waals surface area contributed by atoms with Gasteiger partial charge in [0.05, 0.1) is 5.69 Å². The number of pyridine rings is 1. The molecular formula is C27H27FN6OS. The molecule has 1 aliphatic heterocycles. The predicted molar refractivity (Wildman–Crippen MR) is 139 cm³/mol. The molecule has 0 spiro atoms. The molecule has 2 aromatic heterocycles. The third-order valence-electron chi connectivity index (χ3n) is 6.38. The predicted octanol–water partition coefficient (Wildman–Crippen LogP) is 4.54. The molecule has 184 valence electrons. The molecule has 0 bridgehead atoms. The number of benzene rings is 2. The monoisotopic (exact) mass is 502 g/mol. The topological polar surface area (TPSA) is 67.2 Å². The van der Waals surface area contributed by atoms with Gasteiger partial charge < -0.3 is 9.80 Å². The maximum Gasteiger partial charge on any atom is 0.254 e. The minimum absolute atomic E-state index is 0.0509. The SMILES string of the molecule is CCN1CCN(C(=O)c2ccccc2CSc2nnc(-c3ccncc3)n2-c2ccccc2F)CC1. The third-order valence-corrected chi connectivity index (χ3v) is 7.35. The number of hydrogen-bond acceptors (Lipinski definition) is 6. The summed E-state index contributed by atoms with van der Waals surface area (Å²) in [7, 11) is 0. The molecule has 0 N–H and O–H groups in total. The van der Waals surface area contributed by atoms with E-state index in [0.717, 1.165) is 43.9 Å². The number of piperazine rings is 1. The van der Waals surface area contributed by atoms with Crippen molar-refractivity contribution in [1.82, 2.24) is 29.5 Å². The van der Waals surface area contributed by atoms with E-state index in [1.807, 2.05) is 41.3 Å². The summed E-state index contributed by atoms with van der Waals surface area (Å²) in [6.45, 7) is 6.38. The van der Waals surface area contributed by atoms with Crippen LogP contribution in [0.15, 0.2) is 78.2 Å². The van der Waals surface area contributed by atoms with Crippen LogP contribution in [0.3, 0.4) is 0 Å². The second-order valence-electron chi connectivity index (χ2n) is 8.50. The van der Waals surface area contributed by atoms with Crippen LogP contribution in [-0.4, -0.2) is 68.2 Å². The van der Waals surface area contributed by atoms with Crippen LogP contribution in [0.4, 0.5) is 4.39 Å². The average Bonchev–Trinajstić information content (AvgIpc) is 3.36. The van der Waals surface area contributed by atoms with Crippen molar-refractivity contribution in [3.05, 3.63) is 90.0 Å². The highest BCUT2D eigenvalue weighted by atomic mass is 32.2. The fraction of sp³-hybridized carbons (Fsp3) is 0.259. The normalized spacial score (nSPS) is 14.2. The molecule has 4 aromatic rings. The lowest BCUT2D eigenvalue weighted by atomic mass is 10.1. The van der Waals surface area contributed by atoms with Crippen LogP contribution >= 0.6 is 11.8 Å². The molecule has 2 aromatic carbocycles. The Balaban J connectivity index is 1.43. The van der Waals surface area contributed by atoms with E-state index < -0.39 is 0 Å². The maximum absolute atomic E-state index is 14.9. The summed E-state index contributed by atoms with van der Waals surface area (Å²) in [5, 5.41) is 9.32. The number of aromatic nitrogens is 4. The van der Waals surface area contributed by atoms with Crippen molar-refractivity contribution in [2.75, 3.05) is 32.7 Å². The highest BCUT2D eigenvalue weighted by Gasteiger charge is 2.24. The number of rotatable bonds is 7. The number of para-hydroxylation sites is 1. The smallest absolute Gasteiger partial charge is 0.254 e. The van der Waals surface area contributed by atoms with E-state index in [2.05, 4.69) is 27.0 Å². The van der Waals surface area contributed by atoms with E-state index in [9.17, 15) is 9.18 Å². The number of nitrogens with zero attached hydrogens (tertiary/aromatic N) is 6. The first kappa shape index (κ1) is 24.1. The molecule has 3 heterocycles. The van der Waals surface area contributed by atoms with Gasteiger partial charge in [0.1, 0.15) is 5.82 Å². The summed E-state index contributed by atoms with van der Waals surface area (Å²) in [5.74, 6) is 0.717. The molecule has 36 heavy (non-hydrogen) atoms. The van der Waals surface area contributed by atoms with E-state index >= 15 is 0 Å². The highest BCUT2D eigenvalue weighted by Crippen LogP contribution is 2.31. The first-order valence-corrected chi connectivity index (χ1v) is 13.0. The van der Waals surface area contributed by atoms with Crippen LogP contribution in [0, 0.1) is 5.82 Å². The Kier molecular flexibility index (Phi) is 7.39. The van der Waals surface area contributed by atoms with E-state index in [0.29, 0.717) is 28.0 Å². The lowest BCUT2D eigenvalue weighted by Gasteiger charge is -2.34. The van der Waals surface area contributed by atoms with Crippen molar-refractivity contribution in [1.29, 1.82) is 0 Å². The highest BCUT2D eigenvalue weighted by molar-refractivity contribution is 7.98. The van der Waals surface area contributed by atoms with Gasteiger partial charge in [-0.2, -0.15) is 0 Å². The second kappa shape index (κ2) is 11.0. The number of amides is 1. The number of carbonyl (C=O) groups is 1. The van der Waals surface area contributed by atoms with Gasteiger partial charge in [0, 0.05) is 55.5 Å². The average molecular weight is 503 g/mol. The Bertz CT molecular complexity index is 1340. The van der Waals surface area contributed by atoms with Crippen LogP contribution in [0.25, 0.3) is 17.1 Å². The van der Waals surface area contributed by atoms with Crippen LogP contribution in [0.1, 0.15) is 22.8 Å². The van der Waals surface area contributed by atoms with Crippen molar-refractivity contribution in [2.45, 2.75) is 17.8 Å². The second-order valence-corrected chi connectivity index (χ2v) is 9.44. The van der Waals surface area contributed by atoms with Crippen LogP contribution in [-0.2, 0) is 5.75 Å². The minimum Gasteiger partial charge on any atom is -0.336 e. The van der Waals surface area contributed by atoms with Crippen molar-refractivity contribution in [2.24, 2.45) is 0 Å².